The summed E-state index contributed by atoms with van der Waals surface area (Å²) in [5.74, 6) is 1.74. The SMILES string of the molecule is Cc1ccc(Br)c(NC(=O)C2CSCN2)c1. The molecule has 0 spiro atoms. The normalized spacial score (nSPS) is 19.8. The predicted molar refractivity (Wildman–Crippen MR) is 71.8 cm³/mol. The summed E-state index contributed by atoms with van der Waals surface area (Å²) in [6.07, 6.45) is 0. The summed E-state index contributed by atoms with van der Waals surface area (Å²) in [4.78, 5) is 11.9. The molecule has 1 aromatic rings. The van der Waals surface area contributed by atoms with Crippen molar-refractivity contribution in [2.45, 2.75) is 13.0 Å². The first-order valence-electron chi connectivity index (χ1n) is 5.05. The van der Waals surface area contributed by atoms with Crippen molar-refractivity contribution in [3.63, 3.8) is 0 Å². The van der Waals surface area contributed by atoms with Crippen LogP contribution in [0.2, 0.25) is 0 Å². The van der Waals surface area contributed by atoms with Crippen LogP contribution in [0.1, 0.15) is 5.56 Å². The molecule has 1 aromatic carbocycles. The van der Waals surface area contributed by atoms with Gasteiger partial charge in [-0.3, -0.25) is 10.1 Å². The smallest absolute Gasteiger partial charge is 0.242 e. The van der Waals surface area contributed by atoms with Crippen molar-refractivity contribution in [1.29, 1.82) is 0 Å². The van der Waals surface area contributed by atoms with Crippen LogP contribution >= 0.6 is 27.7 Å². The average Bonchev–Trinajstić information content (AvgIpc) is 2.76. The lowest BCUT2D eigenvalue weighted by Gasteiger charge is -2.12. The van der Waals surface area contributed by atoms with Crippen molar-refractivity contribution in [3.8, 4) is 0 Å². The Morgan fingerprint density at radius 3 is 3.12 bits per heavy atom. The second kappa shape index (κ2) is 5.21. The number of thioether (sulfide) groups is 1. The van der Waals surface area contributed by atoms with Crippen molar-refractivity contribution < 1.29 is 4.79 Å². The van der Waals surface area contributed by atoms with Crippen LogP contribution in [0, 0.1) is 6.92 Å². The number of nitrogens with one attached hydrogen (secondary N) is 2. The van der Waals surface area contributed by atoms with Crippen molar-refractivity contribution >= 4 is 39.3 Å². The van der Waals surface area contributed by atoms with E-state index < -0.39 is 0 Å². The number of anilines is 1. The third kappa shape index (κ3) is 2.78. The number of carbonyl (C=O) groups is 1. The zero-order valence-electron chi connectivity index (χ0n) is 8.92. The van der Waals surface area contributed by atoms with Crippen LogP contribution in [0.15, 0.2) is 22.7 Å². The molecule has 1 saturated heterocycles. The number of hydrogen-bond donors (Lipinski definition) is 2. The minimum absolute atomic E-state index is 0.0382. The van der Waals surface area contributed by atoms with Gasteiger partial charge in [0.05, 0.1) is 11.7 Å². The quantitative estimate of drug-likeness (QED) is 0.881. The summed E-state index contributed by atoms with van der Waals surface area (Å²) in [5, 5.41) is 6.08. The van der Waals surface area contributed by atoms with Gasteiger partial charge in [0, 0.05) is 16.1 Å². The highest BCUT2D eigenvalue weighted by atomic mass is 79.9. The van der Waals surface area contributed by atoms with Crippen LogP contribution in [0.5, 0.6) is 0 Å². The summed E-state index contributed by atoms with van der Waals surface area (Å²) >= 11 is 5.17. The molecule has 1 amide bonds. The lowest BCUT2D eigenvalue weighted by atomic mass is 10.2. The maximum absolute atomic E-state index is 11.9. The minimum Gasteiger partial charge on any atom is -0.324 e. The van der Waals surface area contributed by atoms with E-state index >= 15 is 0 Å². The lowest BCUT2D eigenvalue weighted by Crippen LogP contribution is -2.37. The third-order valence-electron chi connectivity index (χ3n) is 2.41. The van der Waals surface area contributed by atoms with Crippen LogP contribution in [-0.4, -0.2) is 23.6 Å². The second-order valence-electron chi connectivity index (χ2n) is 3.74. The number of hydrogen-bond acceptors (Lipinski definition) is 3. The predicted octanol–water partition coefficient (Wildman–Crippen LogP) is 2.36. The van der Waals surface area contributed by atoms with E-state index in [2.05, 4.69) is 26.6 Å². The van der Waals surface area contributed by atoms with Crippen molar-refractivity contribution in [2.75, 3.05) is 16.9 Å². The van der Waals surface area contributed by atoms with E-state index in [1.165, 1.54) is 0 Å². The van der Waals surface area contributed by atoms with Gasteiger partial charge in [-0.2, -0.15) is 0 Å². The molecule has 1 aliphatic rings. The molecule has 1 unspecified atom stereocenters. The average molecular weight is 301 g/mol. The number of rotatable bonds is 2. The van der Waals surface area contributed by atoms with Gasteiger partial charge in [-0.25, -0.2) is 0 Å². The lowest BCUT2D eigenvalue weighted by molar-refractivity contribution is -0.117. The molecule has 0 aliphatic carbocycles. The molecule has 1 fully saturated rings. The van der Waals surface area contributed by atoms with Gasteiger partial charge in [0.25, 0.3) is 0 Å². The van der Waals surface area contributed by atoms with Gasteiger partial charge in [0.2, 0.25) is 5.91 Å². The third-order valence-corrected chi connectivity index (χ3v) is 4.04. The molecule has 5 heteroatoms. The Bertz CT molecular complexity index is 405. The Morgan fingerprint density at radius 2 is 2.44 bits per heavy atom. The zero-order valence-corrected chi connectivity index (χ0v) is 11.3. The number of halogens is 1. The number of benzene rings is 1. The van der Waals surface area contributed by atoms with Crippen molar-refractivity contribution in [2.24, 2.45) is 0 Å². The van der Waals surface area contributed by atoms with Crippen LogP contribution in [0.4, 0.5) is 5.69 Å². The zero-order chi connectivity index (χ0) is 11.5. The molecule has 86 valence electrons. The molecule has 3 nitrogen and oxygen atoms in total. The minimum atomic E-state index is -0.0718. The molecule has 16 heavy (non-hydrogen) atoms. The number of carbonyl (C=O) groups excluding carboxylic acids is 1. The van der Waals surface area contributed by atoms with Crippen LogP contribution in [-0.2, 0) is 4.79 Å². The van der Waals surface area contributed by atoms with E-state index in [-0.39, 0.29) is 11.9 Å². The van der Waals surface area contributed by atoms with Crippen molar-refractivity contribution in [1.82, 2.24) is 5.32 Å². The van der Waals surface area contributed by atoms with Gasteiger partial charge in [-0.15, -0.1) is 11.8 Å². The van der Waals surface area contributed by atoms with Crippen LogP contribution < -0.4 is 10.6 Å². The van der Waals surface area contributed by atoms with Crippen molar-refractivity contribution in [3.05, 3.63) is 28.2 Å². The van der Waals surface area contributed by atoms with Crippen LogP contribution in [0.3, 0.4) is 0 Å². The molecule has 1 aliphatic heterocycles. The summed E-state index contributed by atoms with van der Waals surface area (Å²) in [7, 11) is 0. The second-order valence-corrected chi connectivity index (χ2v) is 5.63. The standard InChI is InChI=1S/C11H13BrN2OS/c1-7-2-3-8(12)9(4-7)14-11(15)10-5-16-6-13-10/h2-4,10,13H,5-6H2,1H3,(H,14,15). The molecule has 0 radical (unpaired) electrons. The van der Waals surface area contributed by atoms with Gasteiger partial charge in [-0.05, 0) is 40.5 Å². The topological polar surface area (TPSA) is 41.1 Å². The maximum Gasteiger partial charge on any atom is 0.242 e. The maximum atomic E-state index is 11.9. The monoisotopic (exact) mass is 300 g/mol. The van der Waals surface area contributed by atoms with Gasteiger partial charge in [-0.1, -0.05) is 6.07 Å². The molecule has 0 aromatic heterocycles. The Morgan fingerprint density at radius 1 is 1.62 bits per heavy atom. The summed E-state index contributed by atoms with van der Waals surface area (Å²) < 4.78 is 0.914. The molecular formula is C11H13BrN2OS. The Hall–Kier alpha value is -0.520. The highest BCUT2D eigenvalue weighted by Crippen LogP contribution is 2.24. The summed E-state index contributed by atoms with van der Waals surface area (Å²) in [6, 6.07) is 5.84. The summed E-state index contributed by atoms with van der Waals surface area (Å²) in [6.45, 7) is 2.01. The molecule has 0 saturated carbocycles. The largest absolute Gasteiger partial charge is 0.324 e. The number of amides is 1. The van der Waals surface area contributed by atoms with E-state index in [1.807, 2.05) is 25.1 Å². The molecule has 0 bridgehead atoms. The fourth-order valence-corrected chi connectivity index (χ4v) is 2.81. The highest BCUT2D eigenvalue weighted by molar-refractivity contribution is 9.10. The van der Waals surface area contributed by atoms with E-state index in [0.717, 1.165) is 27.4 Å². The van der Waals surface area contributed by atoms with Gasteiger partial charge in [0.15, 0.2) is 0 Å². The van der Waals surface area contributed by atoms with E-state index in [9.17, 15) is 4.79 Å². The van der Waals surface area contributed by atoms with Crippen LogP contribution in [0.25, 0.3) is 0 Å². The van der Waals surface area contributed by atoms with E-state index in [4.69, 9.17) is 0 Å². The Kier molecular flexibility index (Phi) is 3.89. The Balaban J connectivity index is 2.07. The van der Waals surface area contributed by atoms with Gasteiger partial charge >= 0.3 is 0 Å². The molecule has 1 heterocycles. The van der Waals surface area contributed by atoms with E-state index in [1.54, 1.807) is 11.8 Å². The molecule has 1 atom stereocenters. The first-order chi connectivity index (χ1) is 7.66. The highest BCUT2D eigenvalue weighted by Gasteiger charge is 2.22. The Labute approximate surface area is 108 Å². The first kappa shape index (κ1) is 12.0. The molecule has 2 N–H and O–H groups in total. The molecular weight excluding hydrogens is 288 g/mol. The summed E-state index contributed by atoms with van der Waals surface area (Å²) in [5.41, 5.74) is 1.97. The first-order valence-corrected chi connectivity index (χ1v) is 7.00. The van der Waals surface area contributed by atoms with Gasteiger partial charge in [0.1, 0.15) is 0 Å². The molecule has 2 rings (SSSR count). The fourth-order valence-electron chi connectivity index (χ4n) is 1.52. The fraction of sp³-hybridized carbons (Fsp3) is 0.364. The van der Waals surface area contributed by atoms with Gasteiger partial charge < -0.3 is 5.32 Å². The van der Waals surface area contributed by atoms with E-state index in [0.29, 0.717) is 0 Å². The number of aryl methyl sites for hydroxylation is 1.